The number of ether oxygens (including phenoxy) is 2. The zero-order valence-corrected chi connectivity index (χ0v) is 18.9. The maximum atomic E-state index is 13.5. The number of fused-ring (bicyclic) bond motifs is 1. The molecular weight excluding hydrogens is 396 g/mol. The molecule has 166 valence electrons. The zero-order chi connectivity index (χ0) is 22.7. The summed E-state index contributed by atoms with van der Waals surface area (Å²) in [5, 5.41) is 2.81. The molecule has 2 amide bonds. The Morgan fingerprint density at radius 3 is 2.65 bits per heavy atom. The Balaban J connectivity index is 1.55. The van der Waals surface area contributed by atoms with Gasteiger partial charge in [0.1, 0.15) is 11.5 Å². The van der Waals surface area contributed by atoms with Gasteiger partial charge in [-0.15, -0.1) is 0 Å². The number of anilines is 1. The molecule has 3 heterocycles. The highest BCUT2D eigenvalue weighted by atomic mass is 16.6. The number of esters is 1. The molecule has 2 saturated heterocycles. The van der Waals surface area contributed by atoms with Crippen molar-refractivity contribution >= 4 is 23.5 Å². The number of carbonyl (C=O) groups excluding carboxylic acids is 3. The average Bonchev–Trinajstić information content (AvgIpc) is 3.28. The minimum atomic E-state index is -0.960. The molecule has 2 fully saturated rings. The van der Waals surface area contributed by atoms with Crippen molar-refractivity contribution in [3.63, 3.8) is 0 Å². The van der Waals surface area contributed by atoms with Crippen LogP contribution >= 0.6 is 0 Å². The second-order valence-corrected chi connectivity index (χ2v) is 9.93. The van der Waals surface area contributed by atoms with Gasteiger partial charge in [-0.05, 0) is 53.2 Å². The van der Waals surface area contributed by atoms with Crippen LogP contribution < -0.4 is 10.2 Å². The molecule has 0 saturated carbocycles. The summed E-state index contributed by atoms with van der Waals surface area (Å²) in [6.45, 7) is 11.4. The lowest BCUT2D eigenvalue weighted by atomic mass is 9.77. The van der Waals surface area contributed by atoms with E-state index in [0.29, 0.717) is 6.54 Å². The number of hydrogen-bond donors (Lipinski definition) is 1. The van der Waals surface area contributed by atoms with Gasteiger partial charge in [0.25, 0.3) is 5.91 Å². The largest absolute Gasteiger partial charge is 0.452 e. The van der Waals surface area contributed by atoms with E-state index in [2.05, 4.69) is 5.32 Å². The van der Waals surface area contributed by atoms with Crippen LogP contribution in [-0.4, -0.2) is 47.7 Å². The van der Waals surface area contributed by atoms with Gasteiger partial charge in [-0.1, -0.05) is 29.8 Å². The maximum Gasteiger partial charge on any atom is 0.313 e. The summed E-state index contributed by atoms with van der Waals surface area (Å²) in [4.78, 5) is 40.6. The first-order valence-electron chi connectivity index (χ1n) is 10.7. The Bertz CT molecular complexity index is 979. The molecule has 0 unspecified atom stereocenters. The topological polar surface area (TPSA) is 84.9 Å². The lowest BCUT2D eigenvalue weighted by Gasteiger charge is -2.26. The molecule has 7 heteroatoms. The molecule has 0 aliphatic carbocycles. The lowest BCUT2D eigenvalue weighted by molar-refractivity contribution is -0.161. The van der Waals surface area contributed by atoms with Gasteiger partial charge in [0.15, 0.2) is 6.10 Å². The van der Waals surface area contributed by atoms with Crippen molar-refractivity contribution in [1.29, 1.82) is 0 Å². The fraction of sp³-hybridized carbons (Fsp3) is 0.542. The van der Waals surface area contributed by atoms with E-state index >= 15 is 0 Å². The molecule has 1 aromatic carbocycles. The smallest absolute Gasteiger partial charge is 0.313 e. The number of benzene rings is 1. The number of nitrogens with one attached hydrogen (secondary N) is 1. The predicted molar refractivity (Wildman–Crippen MR) is 115 cm³/mol. The molecule has 1 spiro atoms. The third-order valence-electron chi connectivity index (χ3n) is 6.18. The van der Waals surface area contributed by atoms with Gasteiger partial charge in [0, 0.05) is 11.2 Å². The van der Waals surface area contributed by atoms with E-state index in [-0.39, 0.29) is 11.8 Å². The normalized spacial score (nSPS) is 29.8. The molecule has 0 aromatic heterocycles. The van der Waals surface area contributed by atoms with Crippen molar-refractivity contribution in [2.75, 3.05) is 11.4 Å². The molecular formula is C24H30N2O5. The van der Waals surface area contributed by atoms with E-state index in [1.807, 2.05) is 65.0 Å². The van der Waals surface area contributed by atoms with Gasteiger partial charge in [-0.3, -0.25) is 14.4 Å². The first kappa shape index (κ1) is 21.6. The summed E-state index contributed by atoms with van der Waals surface area (Å²) in [7, 11) is 0. The van der Waals surface area contributed by atoms with Crippen LogP contribution in [0.15, 0.2) is 30.4 Å². The quantitative estimate of drug-likeness (QED) is 0.591. The van der Waals surface area contributed by atoms with Crippen LogP contribution in [0.25, 0.3) is 0 Å². The fourth-order valence-electron chi connectivity index (χ4n) is 4.86. The highest BCUT2D eigenvalue weighted by Crippen LogP contribution is 2.53. The van der Waals surface area contributed by atoms with Crippen LogP contribution in [0.5, 0.6) is 0 Å². The van der Waals surface area contributed by atoms with Crippen LogP contribution in [0, 0.1) is 25.7 Å². The Hall–Kier alpha value is -2.67. The van der Waals surface area contributed by atoms with Gasteiger partial charge in [0.05, 0.1) is 18.6 Å². The van der Waals surface area contributed by atoms with Crippen molar-refractivity contribution in [3.8, 4) is 0 Å². The molecule has 2 bridgehead atoms. The molecule has 4 rings (SSSR count). The van der Waals surface area contributed by atoms with E-state index in [9.17, 15) is 14.4 Å². The lowest BCUT2D eigenvalue weighted by Crippen LogP contribution is -2.47. The van der Waals surface area contributed by atoms with Gasteiger partial charge < -0.3 is 19.7 Å². The van der Waals surface area contributed by atoms with E-state index < -0.39 is 41.2 Å². The summed E-state index contributed by atoms with van der Waals surface area (Å²) >= 11 is 0. The zero-order valence-electron chi connectivity index (χ0n) is 18.9. The van der Waals surface area contributed by atoms with E-state index in [4.69, 9.17) is 9.47 Å². The van der Waals surface area contributed by atoms with Crippen LogP contribution in [0.1, 0.15) is 38.8 Å². The summed E-state index contributed by atoms with van der Waals surface area (Å²) < 4.78 is 11.6. The SMILES string of the molecule is Cc1ccc(N2C[C@@]34C=C[C@@H](O3)[C@H](C(=O)O[C@@H](C)C(=O)NC(C)(C)C)[C@@H]4C2=O)c(C)c1. The Labute approximate surface area is 182 Å². The van der Waals surface area contributed by atoms with Gasteiger partial charge in [-0.25, -0.2) is 0 Å². The Morgan fingerprint density at radius 1 is 1.29 bits per heavy atom. The number of aryl methyl sites for hydroxylation is 2. The Morgan fingerprint density at radius 2 is 2.00 bits per heavy atom. The number of carbonyl (C=O) groups is 3. The van der Waals surface area contributed by atoms with E-state index in [1.165, 1.54) is 6.92 Å². The van der Waals surface area contributed by atoms with Crippen LogP contribution in [0.3, 0.4) is 0 Å². The molecule has 1 aromatic rings. The van der Waals surface area contributed by atoms with Crippen molar-refractivity contribution < 1.29 is 23.9 Å². The third kappa shape index (κ3) is 3.65. The van der Waals surface area contributed by atoms with Gasteiger partial charge >= 0.3 is 5.97 Å². The van der Waals surface area contributed by atoms with E-state index in [0.717, 1.165) is 16.8 Å². The highest BCUT2D eigenvalue weighted by Gasteiger charge is 2.67. The molecule has 5 atom stereocenters. The number of rotatable bonds is 4. The monoisotopic (exact) mass is 426 g/mol. The van der Waals surface area contributed by atoms with Crippen LogP contribution in [-0.2, 0) is 23.9 Å². The first-order valence-corrected chi connectivity index (χ1v) is 10.7. The number of nitrogens with zero attached hydrogens (tertiary/aromatic N) is 1. The minimum absolute atomic E-state index is 0.146. The minimum Gasteiger partial charge on any atom is -0.452 e. The maximum absolute atomic E-state index is 13.5. The number of hydrogen-bond acceptors (Lipinski definition) is 5. The summed E-state index contributed by atoms with van der Waals surface area (Å²) in [6.07, 6.45) is 2.27. The second-order valence-electron chi connectivity index (χ2n) is 9.93. The van der Waals surface area contributed by atoms with Crippen molar-refractivity contribution in [1.82, 2.24) is 5.32 Å². The van der Waals surface area contributed by atoms with Crippen LogP contribution in [0.4, 0.5) is 5.69 Å². The summed E-state index contributed by atoms with van der Waals surface area (Å²) in [6, 6.07) is 5.93. The van der Waals surface area contributed by atoms with Gasteiger partial charge in [-0.2, -0.15) is 0 Å². The Kier molecular flexibility index (Phi) is 5.00. The first-order chi connectivity index (χ1) is 14.4. The third-order valence-corrected chi connectivity index (χ3v) is 6.18. The number of amides is 2. The van der Waals surface area contributed by atoms with E-state index in [1.54, 1.807) is 4.90 Å². The predicted octanol–water partition coefficient (Wildman–Crippen LogP) is 2.44. The van der Waals surface area contributed by atoms with Crippen molar-refractivity contribution in [2.45, 2.75) is 64.9 Å². The molecule has 0 radical (unpaired) electrons. The summed E-state index contributed by atoms with van der Waals surface area (Å²) in [5.74, 6) is -2.52. The average molecular weight is 427 g/mol. The molecule has 1 N–H and O–H groups in total. The van der Waals surface area contributed by atoms with Crippen LogP contribution in [0.2, 0.25) is 0 Å². The molecule has 3 aliphatic heterocycles. The second kappa shape index (κ2) is 7.19. The standard InChI is InChI=1S/C24H30N2O5/c1-13-7-8-16(14(2)11-13)26-12-24-10-9-17(31-24)18(19(24)21(26)28)22(29)30-15(3)20(27)25-23(4,5)6/h7-11,15,17-19H,12H2,1-6H3,(H,25,27)/t15-,17+,18-,19+,24+/m0/s1. The van der Waals surface area contributed by atoms with Gasteiger partial charge in [0.2, 0.25) is 5.91 Å². The molecule has 7 nitrogen and oxygen atoms in total. The van der Waals surface area contributed by atoms with Crippen molar-refractivity contribution in [3.05, 3.63) is 41.5 Å². The fourth-order valence-corrected chi connectivity index (χ4v) is 4.86. The molecule has 31 heavy (non-hydrogen) atoms. The summed E-state index contributed by atoms with van der Waals surface area (Å²) in [5.41, 5.74) is 1.67. The van der Waals surface area contributed by atoms with Crippen molar-refractivity contribution in [2.24, 2.45) is 11.8 Å². The highest BCUT2D eigenvalue weighted by molar-refractivity contribution is 6.03. The molecule has 3 aliphatic rings.